The SMILES string of the molecule is O=C(N1CCN(c2cc(Cl)nc(C3CC3)n2)CC1)C12CC3CC(CC(C3)C1)C2. The van der Waals surface area contributed by atoms with E-state index >= 15 is 0 Å². The molecule has 2 heterocycles. The Morgan fingerprint density at radius 2 is 1.57 bits per heavy atom. The minimum atomic E-state index is -0.0196. The number of rotatable bonds is 3. The van der Waals surface area contributed by atoms with E-state index in [0.29, 0.717) is 17.0 Å². The number of aromatic nitrogens is 2. The Morgan fingerprint density at radius 3 is 2.14 bits per heavy atom. The molecule has 28 heavy (non-hydrogen) atoms. The van der Waals surface area contributed by atoms with E-state index in [-0.39, 0.29) is 5.41 Å². The molecule has 5 saturated carbocycles. The van der Waals surface area contributed by atoms with Crippen LogP contribution in [0.5, 0.6) is 0 Å². The standard InChI is InChI=1S/C22H29ClN4O/c23-18-10-19(25-20(24-18)17-1-2-17)26-3-5-27(6-4-26)21(28)22-11-14-7-15(12-22)9-16(8-14)13-22/h10,14-17H,1-9,11-13H2. The van der Waals surface area contributed by atoms with E-state index in [2.05, 4.69) is 14.8 Å². The van der Waals surface area contributed by atoms with Gasteiger partial charge in [0.05, 0.1) is 5.41 Å². The van der Waals surface area contributed by atoms with E-state index in [1.807, 2.05) is 6.07 Å². The number of carbonyl (C=O) groups excluding carboxylic acids is 1. The summed E-state index contributed by atoms with van der Waals surface area (Å²) in [5, 5.41) is 0.541. The van der Waals surface area contributed by atoms with Crippen molar-refractivity contribution in [3.05, 3.63) is 17.0 Å². The van der Waals surface area contributed by atoms with Gasteiger partial charge in [0.25, 0.3) is 0 Å². The molecule has 0 atom stereocenters. The highest BCUT2D eigenvalue weighted by molar-refractivity contribution is 6.29. The maximum atomic E-state index is 13.6. The van der Waals surface area contributed by atoms with E-state index in [9.17, 15) is 4.79 Å². The molecule has 6 heteroatoms. The van der Waals surface area contributed by atoms with E-state index in [1.165, 1.54) is 32.1 Å². The molecule has 1 aromatic rings. The van der Waals surface area contributed by atoms with Gasteiger partial charge in [-0.1, -0.05) is 11.6 Å². The van der Waals surface area contributed by atoms with Crippen LogP contribution in [0, 0.1) is 23.2 Å². The molecule has 0 N–H and O–H groups in total. The summed E-state index contributed by atoms with van der Waals surface area (Å²) < 4.78 is 0. The maximum absolute atomic E-state index is 13.6. The molecule has 4 bridgehead atoms. The molecule has 0 spiro atoms. The maximum Gasteiger partial charge on any atom is 0.228 e. The Hall–Kier alpha value is -1.36. The number of halogens is 1. The topological polar surface area (TPSA) is 49.3 Å². The Morgan fingerprint density at radius 1 is 0.964 bits per heavy atom. The van der Waals surface area contributed by atoms with Gasteiger partial charge >= 0.3 is 0 Å². The molecule has 7 rings (SSSR count). The lowest BCUT2D eigenvalue weighted by atomic mass is 9.49. The van der Waals surface area contributed by atoms with Gasteiger partial charge in [-0.25, -0.2) is 9.97 Å². The molecule has 5 nitrogen and oxygen atoms in total. The summed E-state index contributed by atoms with van der Waals surface area (Å²) in [6.45, 7) is 3.30. The number of hydrogen-bond donors (Lipinski definition) is 0. The molecular formula is C22H29ClN4O. The lowest BCUT2D eigenvalue weighted by Gasteiger charge is -2.57. The summed E-state index contributed by atoms with van der Waals surface area (Å²) in [5.41, 5.74) is -0.0196. The van der Waals surface area contributed by atoms with E-state index in [1.54, 1.807) is 0 Å². The van der Waals surface area contributed by atoms with Crippen LogP contribution in [0.1, 0.15) is 63.1 Å². The predicted molar refractivity (Wildman–Crippen MR) is 108 cm³/mol. The zero-order chi connectivity index (χ0) is 18.9. The van der Waals surface area contributed by atoms with Gasteiger partial charge in [-0.15, -0.1) is 0 Å². The zero-order valence-electron chi connectivity index (χ0n) is 16.4. The van der Waals surface area contributed by atoms with Crippen LogP contribution < -0.4 is 4.90 Å². The van der Waals surface area contributed by atoms with Crippen LogP contribution in [0.4, 0.5) is 5.82 Å². The minimum absolute atomic E-state index is 0.0196. The third-order valence-electron chi connectivity index (χ3n) is 8.02. The highest BCUT2D eigenvalue weighted by atomic mass is 35.5. The molecule has 6 fully saturated rings. The zero-order valence-corrected chi connectivity index (χ0v) is 17.2. The van der Waals surface area contributed by atoms with Crippen LogP contribution in [0.15, 0.2) is 6.07 Å². The van der Waals surface area contributed by atoms with Crippen LogP contribution in [-0.4, -0.2) is 47.0 Å². The number of amides is 1. The molecule has 5 aliphatic carbocycles. The third kappa shape index (κ3) is 2.92. The average molecular weight is 401 g/mol. The lowest BCUT2D eigenvalue weighted by Crippen LogP contribution is -2.58. The Balaban J connectivity index is 1.15. The number of piperazine rings is 1. The van der Waals surface area contributed by atoms with Crippen molar-refractivity contribution in [3.8, 4) is 0 Å². The van der Waals surface area contributed by atoms with E-state index in [4.69, 9.17) is 16.6 Å². The average Bonchev–Trinajstić information content (AvgIpc) is 3.51. The number of carbonyl (C=O) groups is 1. The fourth-order valence-electron chi connectivity index (χ4n) is 6.96. The summed E-state index contributed by atoms with van der Waals surface area (Å²) in [7, 11) is 0. The number of hydrogen-bond acceptors (Lipinski definition) is 4. The van der Waals surface area contributed by atoms with Crippen molar-refractivity contribution in [3.63, 3.8) is 0 Å². The van der Waals surface area contributed by atoms with Crippen LogP contribution >= 0.6 is 11.6 Å². The molecular weight excluding hydrogens is 372 g/mol. The van der Waals surface area contributed by atoms with Crippen molar-refractivity contribution in [1.29, 1.82) is 0 Å². The number of anilines is 1. The van der Waals surface area contributed by atoms with Gasteiger partial charge < -0.3 is 9.80 Å². The van der Waals surface area contributed by atoms with Crippen LogP contribution in [0.3, 0.4) is 0 Å². The molecule has 1 aliphatic heterocycles. The number of nitrogens with zero attached hydrogens (tertiary/aromatic N) is 4. The van der Waals surface area contributed by atoms with Crippen LogP contribution in [-0.2, 0) is 4.79 Å². The first kappa shape index (κ1) is 17.5. The Labute approximate surface area is 171 Å². The molecule has 1 saturated heterocycles. The van der Waals surface area contributed by atoms with Crippen molar-refractivity contribution < 1.29 is 4.79 Å². The summed E-state index contributed by atoms with van der Waals surface area (Å²) >= 11 is 6.25. The van der Waals surface area contributed by atoms with Gasteiger partial charge in [0.1, 0.15) is 16.8 Å². The molecule has 0 aromatic carbocycles. The van der Waals surface area contributed by atoms with Crippen molar-refractivity contribution in [2.75, 3.05) is 31.1 Å². The van der Waals surface area contributed by atoms with Crippen molar-refractivity contribution in [1.82, 2.24) is 14.9 Å². The monoisotopic (exact) mass is 400 g/mol. The molecule has 0 radical (unpaired) electrons. The molecule has 6 aliphatic rings. The van der Waals surface area contributed by atoms with Crippen molar-refractivity contribution >= 4 is 23.3 Å². The van der Waals surface area contributed by atoms with Gasteiger partial charge in [0, 0.05) is 38.2 Å². The predicted octanol–water partition coefficient (Wildman–Crippen LogP) is 3.87. The third-order valence-corrected chi connectivity index (χ3v) is 8.22. The van der Waals surface area contributed by atoms with Gasteiger partial charge in [-0.05, 0) is 69.1 Å². The van der Waals surface area contributed by atoms with E-state index in [0.717, 1.165) is 74.8 Å². The smallest absolute Gasteiger partial charge is 0.228 e. The quantitative estimate of drug-likeness (QED) is 0.722. The Bertz CT molecular complexity index is 764. The molecule has 0 unspecified atom stereocenters. The Kier molecular flexibility index (Phi) is 3.95. The van der Waals surface area contributed by atoms with Gasteiger partial charge in [0.15, 0.2) is 0 Å². The van der Waals surface area contributed by atoms with Gasteiger partial charge in [0.2, 0.25) is 5.91 Å². The summed E-state index contributed by atoms with van der Waals surface area (Å²) in [6.07, 6.45) is 9.98. The molecule has 150 valence electrons. The van der Waals surface area contributed by atoms with Crippen molar-refractivity contribution in [2.24, 2.45) is 23.2 Å². The van der Waals surface area contributed by atoms with Crippen LogP contribution in [0.25, 0.3) is 0 Å². The van der Waals surface area contributed by atoms with Gasteiger partial charge in [-0.2, -0.15) is 0 Å². The second kappa shape index (κ2) is 6.32. The first-order chi connectivity index (χ1) is 13.6. The van der Waals surface area contributed by atoms with Crippen LogP contribution in [0.2, 0.25) is 5.15 Å². The minimum Gasteiger partial charge on any atom is -0.353 e. The first-order valence-corrected chi connectivity index (χ1v) is 11.5. The summed E-state index contributed by atoms with van der Waals surface area (Å²) in [4.78, 5) is 27.2. The highest BCUT2D eigenvalue weighted by Crippen LogP contribution is 2.60. The fourth-order valence-corrected chi connectivity index (χ4v) is 7.14. The summed E-state index contributed by atoms with van der Waals surface area (Å²) in [6, 6.07) is 1.88. The second-order valence-corrected chi connectivity index (χ2v) is 10.5. The first-order valence-electron chi connectivity index (χ1n) is 11.2. The lowest BCUT2D eigenvalue weighted by molar-refractivity contribution is -0.158. The summed E-state index contributed by atoms with van der Waals surface area (Å²) in [5.74, 6) is 5.25. The second-order valence-electron chi connectivity index (χ2n) is 10.2. The van der Waals surface area contributed by atoms with E-state index < -0.39 is 0 Å². The fraction of sp³-hybridized carbons (Fsp3) is 0.773. The van der Waals surface area contributed by atoms with Gasteiger partial charge in [-0.3, -0.25) is 4.79 Å². The normalized spacial score (nSPS) is 36.8. The largest absolute Gasteiger partial charge is 0.353 e. The highest BCUT2D eigenvalue weighted by Gasteiger charge is 2.55. The molecule has 1 aromatic heterocycles. The van der Waals surface area contributed by atoms with Crippen molar-refractivity contribution in [2.45, 2.75) is 57.3 Å². The molecule has 1 amide bonds.